The summed E-state index contributed by atoms with van der Waals surface area (Å²) in [6.45, 7) is 7.06. The summed E-state index contributed by atoms with van der Waals surface area (Å²) in [4.78, 5) is 67.1. The van der Waals surface area contributed by atoms with Crippen LogP contribution in [0.25, 0.3) is 0 Å². The average molecular weight is 633 g/mol. The largest absolute Gasteiger partial charge is 0.459 e. The number of carbonyl (C=O) groups excluding carboxylic acids is 5. The van der Waals surface area contributed by atoms with Crippen molar-refractivity contribution in [1.82, 2.24) is 0 Å². The normalized spacial score (nSPS) is 42.9. The number of fused-ring (bicyclic) bond motifs is 1. The smallest absolute Gasteiger partial charge is 0.350 e. The lowest BCUT2D eigenvalue weighted by Crippen LogP contribution is -2.67. The molecule has 0 bridgehead atoms. The molecular formula is C34H32O12. The van der Waals surface area contributed by atoms with Gasteiger partial charge in [-0.05, 0) is 36.8 Å². The fourth-order valence-electron chi connectivity index (χ4n) is 9.93. The van der Waals surface area contributed by atoms with E-state index in [0.717, 1.165) is 0 Å². The van der Waals surface area contributed by atoms with Crippen molar-refractivity contribution in [2.45, 2.75) is 76.0 Å². The van der Waals surface area contributed by atoms with Crippen molar-refractivity contribution in [3.63, 3.8) is 0 Å². The average Bonchev–Trinajstić information content (AvgIpc) is 3.75. The fraction of sp³-hybridized carbons (Fsp3) is 0.500. The van der Waals surface area contributed by atoms with E-state index < -0.39 is 93.9 Å². The summed E-state index contributed by atoms with van der Waals surface area (Å²) in [5, 5.41) is 24.5. The molecule has 6 unspecified atom stereocenters. The summed E-state index contributed by atoms with van der Waals surface area (Å²) in [5.41, 5.74) is -8.19. The third-order valence-corrected chi connectivity index (χ3v) is 11.6. The van der Waals surface area contributed by atoms with Crippen molar-refractivity contribution in [2.75, 3.05) is 0 Å². The molecule has 46 heavy (non-hydrogen) atoms. The van der Waals surface area contributed by atoms with Crippen LogP contribution in [0.4, 0.5) is 0 Å². The minimum atomic E-state index is -2.37. The van der Waals surface area contributed by atoms with Crippen LogP contribution in [0.5, 0.6) is 0 Å². The molecule has 2 spiro atoms. The highest BCUT2D eigenvalue weighted by atomic mass is 16.8. The minimum absolute atomic E-state index is 0.0329. The van der Waals surface area contributed by atoms with Crippen LogP contribution in [0.3, 0.4) is 0 Å². The molecule has 12 heteroatoms. The van der Waals surface area contributed by atoms with Crippen molar-refractivity contribution in [3.8, 4) is 0 Å². The second kappa shape index (κ2) is 8.81. The maximum absolute atomic E-state index is 13.9. The van der Waals surface area contributed by atoms with Gasteiger partial charge in [-0.1, -0.05) is 63.2 Å². The van der Waals surface area contributed by atoms with Crippen LogP contribution >= 0.6 is 0 Å². The Morgan fingerprint density at radius 3 is 2.17 bits per heavy atom. The molecular weight excluding hydrogens is 600 g/mol. The van der Waals surface area contributed by atoms with Gasteiger partial charge in [-0.15, -0.1) is 0 Å². The molecule has 4 heterocycles. The van der Waals surface area contributed by atoms with E-state index in [4.69, 9.17) is 23.7 Å². The van der Waals surface area contributed by atoms with Crippen molar-refractivity contribution in [2.24, 2.45) is 28.1 Å². The van der Waals surface area contributed by atoms with Gasteiger partial charge in [0.15, 0.2) is 17.5 Å². The predicted octanol–water partition coefficient (Wildman–Crippen LogP) is 1.73. The second-order valence-electron chi connectivity index (χ2n) is 14.3. The number of benzene rings is 2. The van der Waals surface area contributed by atoms with E-state index in [1.54, 1.807) is 30.3 Å². The van der Waals surface area contributed by atoms with Crippen LogP contribution in [0.1, 0.15) is 60.4 Å². The molecule has 0 amide bonds. The van der Waals surface area contributed by atoms with Crippen molar-refractivity contribution in [3.05, 3.63) is 71.3 Å². The summed E-state index contributed by atoms with van der Waals surface area (Å²) >= 11 is 0. The molecule has 8 rings (SSSR count). The van der Waals surface area contributed by atoms with E-state index in [1.807, 2.05) is 20.8 Å². The van der Waals surface area contributed by atoms with Crippen LogP contribution in [0, 0.1) is 28.1 Å². The SMILES string of the molecule is C[C@@H]1C(=O)OC2[C@H](O)C34C5CC(C(C)(C)C)C36C(OC(=O)[C@@H]6OC(=O)c3ccc(C(=O)c6ccccc6)cc3)O[C@]4(C(=O)O5)[C@]21O. The van der Waals surface area contributed by atoms with E-state index in [0.29, 0.717) is 11.1 Å². The Balaban J connectivity index is 1.23. The quantitative estimate of drug-likeness (QED) is 0.285. The fourth-order valence-corrected chi connectivity index (χ4v) is 9.93. The number of aliphatic hydroxyl groups excluding tert-OH is 1. The van der Waals surface area contributed by atoms with Crippen molar-refractivity contribution < 1.29 is 57.9 Å². The molecule has 2 saturated carbocycles. The number of rotatable bonds is 4. The summed E-state index contributed by atoms with van der Waals surface area (Å²) in [5.74, 6) is -5.89. The Labute approximate surface area is 262 Å². The first-order valence-corrected chi connectivity index (χ1v) is 15.3. The summed E-state index contributed by atoms with van der Waals surface area (Å²) in [6, 6.07) is 14.4. The molecule has 4 saturated heterocycles. The first-order chi connectivity index (χ1) is 21.7. The number of carbonyl (C=O) groups is 5. The highest BCUT2D eigenvalue weighted by molar-refractivity contribution is 6.09. The molecule has 4 aliphatic heterocycles. The first-order valence-electron chi connectivity index (χ1n) is 15.3. The predicted molar refractivity (Wildman–Crippen MR) is 152 cm³/mol. The van der Waals surface area contributed by atoms with Crippen LogP contribution < -0.4 is 0 Å². The van der Waals surface area contributed by atoms with Crippen molar-refractivity contribution >= 4 is 29.7 Å². The summed E-state index contributed by atoms with van der Waals surface area (Å²) in [6.07, 6.45) is -7.54. The van der Waals surface area contributed by atoms with Gasteiger partial charge in [0, 0.05) is 11.1 Å². The number of ketones is 1. The Bertz CT molecular complexity index is 1730. The van der Waals surface area contributed by atoms with Crippen LogP contribution in [0.15, 0.2) is 54.6 Å². The highest BCUT2D eigenvalue weighted by Crippen LogP contribution is 2.84. The van der Waals surface area contributed by atoms with Crippen LogP contribution in [-0.4, -0.2) is 81.8 Å². The lowest BCUT2D eigenvalue weighted by molar-refractivity contribution is -0.239. The van der Waals surface area contributed by atoms with Crippen LogP contribution in [0.2, 0.25) is 0 Å². The van der Waals surface area contributed by atoms with Gasteiger partial charge in [-0.2, -0.15) is 0 Å². The second-order valence-corrected chi connectivity index (χ2v) is 14.3. The molecule has 2 aliphatic carbocycles. The molecule has 0 aromatic heterocycles. The third-order valence-electron chi connectivity index (χ3n) is 11.6. The van der Waals surface area contributed by atoms with Gasteiger partial charge in [0.05, 0.1) is 22.3 Å². The van der Waals surface area contributed by atoms with Gasteiger partial charge >= 0.3 is 23.9 Å². The molecule has 2 aromatic carbocycles. The maximum atomic E-state index is 13.9. The number of esters is 4. The van der Waals surface area contributed by atoms with Gasteiger partial charge in [-0.3, -0.25) is 9.59 Å². The van der Waals surface area contributed by atoms with Crippen molar-refractivity contribution in [1.29, 1.82) is 0 Å². The van der Waals surface area contributed by atoms with Crippen LogP contribution in [-0.2, 0) is 38.1 Å². The zero-order chi connectivity index (χ0) is 32.8. The molecule has 0 radical (unpaired) electrons. The van der Waals surface area contributed by atoms with E-state index in [-0.39, 0.29) is 17.8 Å². The van der Waals surface area contributed by atoms with Gasteiger partial charge in [0.2, 0.25) is 18.0 Å². The van der Waals surface area contributed by atoms with E-state index in [9.17, 15) is 34.2 Å². The monoisotopic (exact) mass is 632 g/mol. The molecule has 6 aliphatic rings. The maximum Gasteiger partial charge on any atom is 0.350 e. The Morgan fingerprint density at radius 1 is 0.891 bits per heavy atom. The molecule has 2 aromatic rings. The zero-order valence-corrected chi connectivity index (χ0v) is 25.4. The molecule has 2 N–H and O–H groups in total. The van der Waals surface area contributed by atoms with Gasteiger partial charge in [0.1, 0.15) is 12.2 Å². The first kappa shape index (κ1) is 29.3. The third kappa shape index (κ3) is 2.91. The molecule has 240 valence electrons. The zero-order valence-electron chi connectivity index (χ0n) is 25.4. The number of hydrogen-bond acceptors (Lipinski definition) is 12. The Morgan fingerprint density at radius 2 is 1.52 bits per heavy atom. The number of aliphatic hydroxyl groups is 2. The molecule has 12 nitrogen and oxygen atoms in total. The van der Waals surface area contributed by atoms with E-state index in [2.05, 4.69) is 0 Å². The Hall–Kier alpha value is -4.13. The van der Waals surface area contributed by atoms with Gasteiger partial charge in [-0.25, -0.2) is 14.4 Å². The highest BCUT2D eigenvalue weighted by Gasteiger charge is 3.04. The number of ether oxygens (including phenoxy) is 5. The van der Waals surface area contributed by atoms with Gasteiger partial charge < -0.3 is 33.9 Å². The Kier molecular flexibility index (Phi) is 5.61. The van der Waals surface area contributed by atoms with E-state index in [1.165, 1.54) is 31.2 Å². The lowest BCUT2D eigenvalue weighted by Gasteiger charge is -2.48. The summed E-state index contributed by atoms with van der Waals surface area (Å²) in [7, 11) is 0. The number of hydrogen-bond donors (Lipinski definition) is 2. The standard InChI is InChI=1S/C34H32O12/c1-15-25(37)43-23-22(36)32-20-14-19(30(2,3)4)31(32)24(27(39)45-29(31)46-34(32,28(40)42-20)33(15,23)41)44-26(38)18-12-10-17(11-13-18)21(35)16-8-6-5-7-9-16/h5-13,15,19-20,22-24,29,36,41H,14H2,1-4H3/t15-,19?,20?,22+,23?,24+,29?,31?,32?,33-,34+/m1/s1. The topological polar surface area (TPSA) is 172 Å². The molecule has 6 fully saturated rings. The van der Waals surface area contributed by atoms with E-state index >= 15 is 0 Å². The minimum Gasteiger partial charge on any atom is -0.459 e. The molecule has 11 atom stereocenters. The van der Waals surface area contributed by atoms with Gasteiger partial charge in [0.25, 0.3) is 0 Å². The lowest BCUT2D eigenvalue weighted by atomic mass is 9.51. The summed E-state index contributed by atoms with van der Waals surface area (Å²) < 4.78 is 29.5.